The number of rotatable bonds is 6. The van der Waals surface area contributed by atoms with Crippen molar-refractivity contribution in [2.75, 3.05) is 26.9 Å². The molecule has 136 valence electrons. The zero-order valence-corrected chi connectivity index (χ0v) is 15.1. The van der Waals surface area contributed by atoms with Crippen molar-refractivity contribution >= 4 is 5.96 Å². The number of benzene rings is 2. The highest BCUT2D eigenvalue weighted by molar-refractivity contribution is 5.79. The van der Waals surface area contributed by atoms with Crippen LogP contribution in [0.25, 0.3) is 0 Å². The molecule has 0 bridgehead atoms. The minimum atomic E-state index is 0.318. The van der Waals surface area contributed by atoms with Crippen LogP contribution in [0.3, 0.4) is 0 Å². The maximum atomic E-state index is 5.43. The predicted octanol–water partition coefficient (Wildman–Crippen LogP) is 2.93. The standard InChI is InChI=1S/C21H25N3O2/c1-22-21(24-13-17-12-18(17)16-5-3-2-4-6-16)23-10-9-15-7-8-19-20(11-15)26-14-25-19/h2-8,11,17-18H,9-10,12-14H2,1H3,(H2,22,23,24). The summed E-state index contributed by atoms with van der Waals surface area (Å²) in [6.07, 6.45) is 2.17. The normalized spacial score (nSPS) is 20.7. The van der Waals surface area contributed by atoms with Crippen LogP contribution in [0.15, 0.2) is 53.5 Å². The quantitative estimate of drug-likeness (QED) is 0.621. The number of guanidine groups is 1. The molecule has 2 unspecified atom stereocenters. The summed E-state index contributed by atoms with van der Waals surface area (Å²) < 4.78 is 10.8. The zero-order chi connectivity index (χ0) is 17.8. The molecule has 2 aromatic carbocycles. The second-order valence-corrected chi connectivity index (χ2v) is 6.83. The van der Waals surface area contributed by atoms with Crippen LogP contribution in [-0.4, -0.2) is 32.9 Å². The number of hydrogen-bond acceptors (Lipinski definition) is 3. The molecule has 2 aromatic rings. The molecule has 0 saturated heterocycles. The van der Waals surface area contributed by atoms with Gasteiger partial charge in [-0.2, -0.15) is 0 Å². The molecule has 0 amide bonds. The van der Waals surface area contributed by atoms with Gasteiger partial charge in [-0.15, -0.1) is 0 Å². The highest BCUT2D eigenvalue weighted by atomic mass is 16.7. The lowest BCUT2D eigenvalue weighted by molar-refractivity contribution is 0.174. The molecule has 1 aliphatic heterocycles. The molecule has 5 heteroatoms. The summed E-state index contributed by atoms with van der Waals surface area (Å²) in [5, 5.41) is 6.84. The van der Waals surface area contributed by atoms with E-state index >= 15 is 0 Å². The number of nitrogens with one attached hydrogen (secondary N) is 2. The van der Waals surface area contributed by atoms with E-state index in [1.54, 1.807) is 0 Å². The van der Waals surface area contributed by atoms with Gasteiger partial charge in [-0.25, -0.2) is 0 Å². The van der Waals surface area contributed by atoms with Crippen molar-refractivity contribution in [3.05, 3.63) is 59.7 Å². The van der Waals surface area contributed by atoms with Crippen molar-refractivity contribution in [3.8, 4) is 11.5 Å². The first-order chi connectivity index (χ1) is 12.8. The number of aliphatic imine (C=N–C) groups is 1. The van der Waals surface area contributed by atoms with Gasteiger partial charge < -0.3 is 20.1 Å². The Labute approximate surface area is 154 Å². The molecule has 2 N–H and O–H groups in total. The Hall–Kier alpha value is -2.69. The Morgan fingerprint density at radius 1 is 1.08 bits per heavy atom. The van der Waals surface area contributed by atoms with E-state index in [0.717, 1.165) is 37.0 Å². The molecule has 5 nitrogen and oxygen atoms in total. The largest absolute Gasteiger partial charge is 0.454 e. The minimum Gasteiger partial charge on any atom is -0.454 e. The second-order valence-electron chi connectivity index (χ2n) is 6.83. The highest BCUT2D eigenvalue weighted by Crippen LogP contribution is 2.46. The van der Waals surface area contributed by atoms with E-state index in [2.05, 4.69) is 58.1 Å². The van der Waals surface area contributed by atoms with Gasteiger partial charge in [0.25, 0.3) is 0 Å². The Bertz CT molecular complexity index is 776. The monoisotopic (exact) mass is 351 g/mol. The highest BCUT2D eigenvalue weighted by Gasteiger charge is 2.37. The van der Waals surface area contributed by atoms with Crippen LogP contribution in [0.5, 0.6) is 11.5 Å². The molecular weight excluding hydrogens is 326 g/mol. The first-order valence-corrected chi connectivity index (χ1v) is 9.21. The van der Waals surface area contributed by atoms with Crippen molar-refractivity contribution in [3.63, 3.8) is 0 Å². The number of fused-ring (bicyclic) bond motifs is 1. The lowest BCUT2D eigenvalue weighted by Gasteiger charge is -2.12. The maximum Gasteiger partial charge on any atom is 0.231 e. The topological polar surface area (TPSA) is 54.9 Å². The van der Waals surface area contributed by atoms with E-state index in [0.29, 0.717) is 18.6 Å². The molecule has 26 heavy (non-hydrogen) atoms. The Morgan fingerprint density at radius 3 is 2.77 bits per heavy atom. The molecule has 1 heterocycles. The van der Waals surface area contributed by atoms with Crippen LogP contribution < -0.4 is 20.1 Å². The van der Waals surface area contributed by atoms with Crippen LogP contribution >= 0.6 is 0 Å². The van der Waals surface area contributed by atoms with E-state index in [-0.39, 0.29) is 0 Å². The third-order valence-corrected chi connectivity index (χ3v) is 5.05. The summed E-state index contributed by atoms with van der Waals surface area (Å²) in [7, 11) is 1.82. The van der Waals surface area contributed by atoms with E-state index < -0.39 is 0 Å². The van der Waals surface area contributed by atoms with Crippen molar-refractivity contribution in [1.29, 1.82) is 0 Å². The summed E-state index contributed by atoms with van der Waals surface area (Å²) in [4.78, 5) is 4.32. The number of ether oxygens (including phenoxy) is 2. The third-order valence-electron chi connectivity index (χ3n) is 5.05. The van der Waals surface area contributed by atoms with E-state index in [1.165, 1.54) is 17.5 Å². The Balaban J connectivity index is 1.20. The lowest BCUT2D eigenvalue weighted by atomic mass is 10.1. The van der Waals surface area contributed by atoms with Gasteiger partial charge in [0.05, 0.1) is 0 Å². The van der Waals surface area contributed by atoms with E-state index in [4.69, 9.17) is 9.47 Å². The molecule has 0 radical (unpaired) electrons. The van der Waals surface area contributed by atoms with E-state index in [1.807, 2.05) is 13.1 Å². The van der Waals surface area contributed by atoms with Gasteiger partial charge in [-0.05, 0) is 47.9 Å². The van der Waals surface area contributed by atoms with Gasteiger partial charge in [0.1, 0.15) is 0 Å². The fourth-order valence-corrected chi connectivity index (χ4v) is 3.45. The summed E-state index contributed by atoms with van der Waals surface area (Å²) >= 11 is 0. The first-order valence-electron chi connectivity index (χ1n) is 9.21. The van der Waals surface area contributed by atoms with Crippen LogP contribution in [-0.2, 0) is 6.42 Å². The van der Waals surface area contributed by atoms with Gasteiger partial charge in [0.2, 0.25) is 6.79 Å². The summed E-state index contributed by atoms with van der Waals surface area (Å²) in [5.74, 6) is 3.92. The van der Waals surface area contributed by atoms with Gasteiger partial charge in [0, 0.05) is 20.1 Å². The van der Waals surface area contributed by atoms with Gasteiger partial charge in [-0.1, -0.05) is 36.4 Å². The fraction of sp³-hybridized carbons (Fsp3) is 0.381. The molecule has 1 aliphatic carbocycles. The van der Waals surface area contributed by atoms with Crippen LogP contribution in [0.2, 0.25) is 0 Å². The molecule has 1 fully saturated rings. The molecule has 1 saturated carbocycles. The third kappa shape index (κ3) is 3.93. The average molecular weight is 351 g/mol. The number of nitrogens with zero attached hydrogens (tertiary/aromatic N) is 1. The van der Waals surface area contributed by atoms with Crippen molar-refractivity contribution in [1.82, 2.24) is 10.6 Å². The average Bonchev–Trinajstić information content (AvgIpc) is 3.31. The van der Waals surface area contributed by atoms with Gasteiger partial charge in [-0.3, -0.25) is 4.99 Å². The Morgan fingerprint density at radius 2 is 1.92 bits per heavy atom. The van der Waals surface area contributed by atoms with Crippen LogP contribution in [0, 0.1) is 5.92 Å². The zero-order valence-electron chi connectivity index (χ0n) is 15.1. The fourth-order valence-electron chi connectivity index (χ4n) is 3.45. The minimum absolute atomic E-state index is 0.318. The van der Waals surface area contributed by atoms with E-state index in [9.17, 15) is 0 Å². The van der Waals surface area contributed by atoms with Crippen molar-refractivity contribution < 1.29 is 9.47 Å². The smallest absolute Gasteiger partial charge is 0.231 e. The molecule has 4 rings (SSSR count). The molecule has 2 aliphatic rings. The SMILES string of the molecule is CN=C(NCCc1ccc2c(c1)OCO2)NCC1CC1c1ccccc1. The summed E-state index contributed by atoms with van der Waals surface area (Å²) in [6, 6.07) is 16.9. The molecule has 2 atom stereocenters. The first kappa shape index (κ1) is 16.8. The number of hydrogen-bond donors (Lipinski definition) is 2. The lowest BCUT2D eigenvalue weighted by Crippen LogP contribution is -2.39. The van der Waals surface area contributed by atoms with Crippen molar-refractivity contribution in [2.45, 2.75) is 18.8 Å². The second kappa shape index (κ2) is 7.68. The Kier molecular flexibility index (Phi) is 4.95. The molecular formula is C21H25N3O2. The summed E-state index contributed by atoms with van der Waals surface area (Å²) in [5.41, 5.74) is 2.67. The van der Waals surface area contributed by atoms with Crippen molar-refractivity contribution in [2.24, 2.45) is 10.9 Å². The summed E-state index contributed by atoms with van der Waals surface area (Å²) in [6.45, 7) is 2.11. The van der Waals surface area contributed by atoms with Gasteiger partial charge in [0.15, 0.2) is 17.5 Å². The van der Waals surface area contributed by atoms with Crippen LogP contribution in [0.1, 0.15) is 23.5 Å². The van der Waals surface area contributed by atoms with Crippen LogP contribution in [0.4, 0.5) is 0 Å². The molecule has 0 aromatic heterocycles. The maximum absolute atomic E-state index is 5.43. The predicted molar refractivity (Wildman–Crippen MR) is 103 cm³/mol. The molecule has 0 spiro atoms. The van der Waals surface area contributed by atoms with Gasteiger partial charge >= 0.3 is 0 Å².